The van der Waals surface area contributed by atoms with E-state index in [1.54, 1.807) is 44.2 Å². The van der Waals surface area contributed by atoms with Crippen molar-refractivity contribution in [2.75, 3.05) is 10.0 Å². The number of aryl methyl sites for hydroxylation is 3. The van der Waals surface area contributed by atoms with Crippen LogP contribution in [-0.2, 0) is 10.0 Å². The van der Waals surface area contributed by atoms with Crippen LogP contribution in [0, 0.1) is 32.1 Å². The third-order valence-electron chi connectivity index (χ3n) is 4.16. The summed E-state index contributed by atoms with van der Waals surface area (Å²) in [7, 11) is -3.74. The quantitative estimate of drug-likeness (QED) is 0.670. The van der Waals surface area contributed by atoms with Crippen molar-refractivity contribution < 1.29 is 8.42 Å². The van der Waals surface area contributed by atoms with Gasteiger partial charge >= 0.3 is 0 Å². The zero-order valence-corrected chi connectivity index (χ0v) is 16.6. The van der Waals surface area contributed by atoms with Crippen molar-refractivity contribution in [1.82, 2.24) is 4.98 Å². The number of nitrogens with one attached hydrogen (secondary N) is 2. The first-order valence-electron chi connectivity index (χ1n) is 8.62. The zero-order chi connectivity index (χ0) is 20.3. The van der Waals surface area contributed by atoms with Crippen LogP contribution in [0.1, 0.15) is 22.3 Å². The van der Waals surface area contributed by atoms with E-state index in [1.807, 2.05) is 25.1 Å². The highest BCUT2D eigenvalue weighted by molar-refractivity contribution is 7.92. The Bertz CT molecular complexity index is 1140. The Kier molecular flexibility index (Phi) is 5.34. The lowest BCUT2D eigenvalue weighted by atomic mass is 10.1. The molecule has 0 saturated heterocycles. The smallest absolute Gasteiger partial charge is 0.263 e. The summed E-state index contributed by atoms with van der Waals surface area (Å²) >= 11 is 0. The summed E-state index contributed by atoms with van der Waals surface area (Å²) in [4.78, 5) is 4.46. The molecule has 3 rings (SSSR count). The largest absolute Gasteiger partial charge is 0.354 e. The first-order valence-corrected chi connectivity index (χ1v) is 10.1. The Morgan fingerprint density at radius 1 is 0.964 bits per heavy atom. The van der Waals surface area contributed by atoms with Crippen LogP contribution in [0.2, 0.25) is 0 Å². The Hall–Kier alpha value is -3.37. The molecule has 0 spiro atoms. The van der Waals surface area contributed by atoms with Crippen molar-refractivity contribution in [1.29, 1.82) is 5.26 Å². The Labute approximate surface area is 164 Å². The minimum Gasteiger partial charge on any atom is -0.354 e. The van der Waals surface area contributed by atoms with E-state index >= 15 is 0 Å². The predicted octanol–water partition coefficient (Wildman–Crippen LogP) is 4.42. The number of benzene rings is 2. The standard InChI is InChI=1S/C21H20N4O2S/c1-14-9-15(2)21(16(3)10-14)28(26,27)25-20-8-7-19(13-23-20)24-18-6-4-5-17(11-18)12-22/h4-11,13,24H,1-3H3,(H,23,25). The summed E-state index contributed by atoms with van der Waals surface area (Å²) in [6, 6.07) is 16.1. The van der Waals surface area contributed by atoms with E-state index in [0.29, 0.717) is 22.4 Å². The van der Waals surface area contributed by atoms with Gasteiger partial charge in [-0.05, 0) is 62.2 Å². The van der Waals surface area contributed by atoms with Gasteiger partial charge in [-0.2, -0.15) is 5.26 Å². The lowest BCUT2D eigenvalue weighted by Crippen LogP contribution is -2.16. The summed E-state index contributed by atoms with van der Waals surface area (Å²) in [6.45, 7) is 5.50. The number of hydrogen-bond acceptors (Lipinski definition) is 5. The minimum atomic E-state index is -3.74. The van der Waals surface area contributed by atoms with E-state index in [0.717, 1.165) is 11.3 Å². The molecular weight excluding hydrogens is 372 g/mol. The Morgan fingerprint density at radius 3 is 2.29 bits per heavy atom. The molecule has 2 N–H and O–H groups in total. The fourth-order valence-electron chi connectivity index (χ4n) is 3.14. The van der Waals surface area contributed by atoms with E-state index in [2.05, 4.69) is 21.1 Å². The highest BCUT2D eigenvalue weighted by atomic mass is 32.2. The molecule has 0 aliphatic heterocycles. The minimum absolute atomic E-state index is 0.232. The van der Waals surface area contributed by atoms with Gasteiger partial charge in [-0.15, -0.1) is 0 Å². The molecule has 2 aromatic carbocycles. The summed E-state index contributed by atoms with van der Waals surface area (Å²) in [5, 5.41) is 12.1. The second-order valence-electron chi connectivity index (χ2n) is 6.58. The molecule has 28 heavy (non-hydrogen) atoms. The molecule has 0 radical (unpaired) electrons. The number of pyridine rings is 1. The maximum atomic E-state index is 12.8. The fraction of sp³-hybridized carbons (Fsp3) is 0.143. The molecule has 0 saturated carbocycles. The molecule has 3 aromatic rings. The lowest BCUT2D eigenvalue weighted by molar-refractivity contribution is 0.600. The average molecular weight is 392 g/mol. The first kappa shape index (κ1) is 19.4. The van der Waals surface area contributed by atoms with E-state index in [-0.39, 0.29) is 10.7 Å². The van der Waals surface area contributed by atoms with Gasteiger partial charge in [-0.1, -0.05) is 23.8 Å². The summed E-state index contributed by atoms with van der Waals surface area (Å²) in [6.07, 6.45) is 1.53. The van der Waals surface area contributed by atoms with E-state index in [4.69, 9.17) is 5.26 Å². The average Bonchev–Trinajstić information content (AvgIpc) is 2.62. The van der Waals surface area contributed by atoms with Crippen molar-refractivity contribution in [3.63, 3.8) is 0 Å². The maximum absolute atomic E-state index is 12.8. The molecule has 7 heteroatoms. The molecule has 0 fully saturated rings. The molecule has 0 bridgehead atoms. The number of hydrogen-bond donors (Lipinski definition) is 2. The van der Waals surface area contributed by atoms with Crippen LogP contribution in [0.25, 0.3) is 0 Å². The van der Waals surface area contributed by atoms with Crippen molar-refractivity contribution >= 4 is 27.2 Å². The van der Waals surface area contributed by atoms with Gasteiger partial charge in [0.15, 0.2) is 0 Å². The van der Waals surface area contributed by atoms with Crippen molar-refractivity contribution in [2.45, 2.75) is 25.7 Å². The highest BCUT2D eigenvalue weighted by Gasteiger charge is 2.20. The van der Waals surface area contributed by atoms with Gasteiger partial charge in [-0.3, -0.25) is 4.72 Å². The van der Waals surface area contributed by atoms with Gasteiger partial charge in [0, 0.05) is 5.69 Å². The number of nitriles is 1. The monoisotopic (exact) mass is 392 g/mol. The highest BCUT2D eigenvalue weighted by Crippen LogP contribution is 2.24. The summed E-state index contributed by atoms with van der Waals surface area (Å²) in [5.74, 6) is 0.232. The van der Waals surface area contributed by atoms with Gasteiger partial charge in [-0.25, -0.2) is 13.4 Å². The molecule has 1 heterocycles. The molecule has 0 amide bonds. The van der Waals surface area contributed by atoms with Gasteiger partial charge in [0.25, 0.3) is 10.0 Å². The number of aromatic nitrogens is 1. The third-order valence-corrected chi connectivity index (χ3v) is 5.82. The molecular formula is C21H20N4O2S. The van der Waals surface area contributed by atoms with Crippen molar-refractivity contribution in [3.05, 3.63) is 77.0 Å². The fourth-order valence-corrected chi connectivity index (χ4v) is 4.60. The molecule has 0 atom stereocenters. The molecule has 1 aromatic heterocycles. The summed E-state index contributed by atoms with van der Waals surface area (Å²) in [5.41, 5.74) is 4.39. The second kappa shape index (κ2) is 7.71. The van der Waals surface area contributed by atoms with Crippen LogP contribution in [0.15, 0.2) is 59.6 Å². The number of nitrogens with zero attached hydrogens (tertiary/aromatic N) is 2. The van der Waals surface area contributed by atoms with E-state index in [1.165, 1.54) is 6.20 Å². The number of rotatable bonds is 5. The molecule has 6 nitrogen and oxygen atoms in total. The Balaban J connectivity index is 1.80. The first-order chi connectivity index (χ1) is 13.3. The van der Waals surface area contributed by atoms with Crippen LogP contribution in [-0.4, -0.2) is 13.4 Å². The lowest BCUT2D eigenvalue weighted by Gasteiger charge is -2.14. The van der Waals surface area contributed by atoms with Crippen molar-refractivity contribution in [3.8, 4) is 6.07 Å². The van der Waals surface area contributed by atoms with Gasteiger partial charge in [0.1, 0.15) is 5.82 Å². The van der Waals surface area contributed by atoms with Crippen LogP contribution in [0.4, 0.5) is 17.2 Å². The third kappa shape index (κ3) is 4.30. The van der Waals surface area contributed by atoms with Crippen LogP contribution in [0.5, 0.6) is 0 Å². The van der Waals surface area contributed by atoms with Crippen molar-refractivity contribution in [2.24, 2.45) is 0 Å². The maximum Gasteiger partial charge on any atom is 0.263 e. The molecule has 0 aliphatic rings. The number of anilines is 3. The van der Waals surface area contributed by atoms with E-state index < -0.39 is 10.0 Å². The van der Waals surface area contributed by atoms with Crippen LogP contribution >= 0.6 is 0 Å². The van der Waals surface area contributed by atoms with Crippen LogP contribution in [0.3, 0.4) is 0 Å². The zero-order valence-electron chi connectivity index (χ0n) is 15.8. The Morgan fingerprint density at radius 2 is 1.68 bits per heavy atom. The molecule has 0 aliphatic carbocycles. The SMILES string of the molecule is Cc1cc(C)c(S(=O)(=O)Nc2ccc(Nc3cccc(C#N)c3)cn2)c(C)c1. The van der Waals surface area contributed by atoms with E-state index in [9.17, 15) is 8.42 Å². The van der Waals surface area contributed by atoms with Gasteiger partial charge < -0.3 is 5.32 Å². The summed E-state index contributed by atoms with van der Waals surface area (Å²) < 4.78 is 28.1. The number of sulfonamides is 1. The van der Waals surface area contributed by atoms with Gasteiger partial charge in [0.05, 0.1) is 28.4 Å². The van der Waals surface area contributed by atoms with Crippen LogP contribution < -0.4 is 10.0 Å². The molecule has 142 valence electrons. The topological polar surface area (TPSA) is 94.9 Å². The molecule has 0 unspecified atom stereocenters. The van der Waals surface area contributed by atoms with Gasteiger partial charge in [0.2, 0.25) is 0 Å². The normalized spacial score (nSPS) is 10.9. The second-order valence-corrected chi connectivity index (χ2v) is 8.20. The predicted molar refractivity (Wildman–Crippen MR) is 110 cm³/mol.